The highest BCUT2D eigenvalue weighted by molar-refractivity contribution is 5.92. The zero-order valence-corrected chi connectivity index (χ0v) is 17.2. The first kappa shape index (κ1) is 19.2. The first-order valence-corrected chi connectivity index (χ1v) is 10.7. The SMILES string of the molecule is O=C(O)c1cn(Cc2ccc3c(c2)CCO3)c2nc(N3C[C@@H]4C[C@H]3CN4)c(F)cc2c1=O. The van der Waals surface area contributed by atoms with Gasteiger partial charge in [-0.3, -0.25) is 4.79 Å². The van der Waals surface area contributed by atoms with Gasteiger partial charge in [-0.2, -0.15) is 0 Å². The van der Waals surface area contributed by atoms with E-state index >= 15 is 4.39 Å². The molecule has 3 aliphatic rings. The van der Waals surface area contributed by atoms with E-state index in [2.05, 4.69) is 10.3 Å². The van der Waals surface area contributed by atoms with E-state index < -0.39 is 22.8 Å². The average Bonchev–Trinajstić information content (AvgIpc) is 3.52. The molecule has 3 aromatic rings. The highest BCUT2D eigenvalue weighted by Gasteiger charge is 2.39. The number of pyridine rings is 2. The molecule has 2 bridgehead atoms. The molecular weight excluding hydrogens is 415 g/mol. The number of aromatic nitrogens is 2. The van der Waals surface area contributed by atoms with E-state index in [1.807, 2.05) is 23.1 Å². The third-order valence-electron chi connectivity index (χ3n) is 6.65. The van der Waals surface area contributed by atoms with Gasteiger partial charge in [0.15, 0.2) is 11.6 Å². The summed E-state index contributed by atoms with van der Waals surface area (Å²) >= 11 is 0. The lowest BCUT2D eigenvalue weighted by Gasteiger charge is -2.29. The minimum atomic E-state index is -1.35. The molecule has 2 saturated heterocycles. The second-order valence-corrected chi connectivity index (χ2v) is 8.66. The first-order valence-electron chi connectivity index (χ1n) is 10.7. The van der Waals surface area contributed by atoms with Crippen molar-refractivity contribution in [1.29, 1.82) is 0 Å². The molecule has 3 aliphatic heterocycles. The van der Waals surface area contributed by atoms with E-state index in [4.69, 9.17) is 4.74 Å². The summed E-state index contributed by atoms with van der Waals surface area (Å²) in [4.78, 5) is 31.0. The molecule has 2 fully saturated rings. The number of halogens is 1. The van der Waals surface area contributed by atoms with Crippen molar-refractivity contribution in [3.63, 3.8) is 0 Å². The van der Waals surface area contributed by atoms with Crippen molar-refractivity contribution in [1.82, 2.24) is 14.9 Å². The van der Waals surface area contributed by atoms with E-state index in [9.17, 15) is 14.7 Å². The summed E-state index contributed by atoms with van der Waals surface area (Å²) in [6.07, 6.45) is 3.05. The number of benzene rings is 1. The summed E-state index contributed by atoms with van der Waals surface area (Å²) in [7, 11) is 0. The Labute approximate surface area is 182 Å². The van der Waals surface area contributed by atoms with Gasteiger partial charge in [-0.15, -0.1) is 0 Å². The van der Waals surface area contributed by atoms with Crippen molar-refractivity contribution in [2.24, 2.45) is 0 Å². The molecule has 164 valence electrons. The quantitative estimate of drug-likeness (QED) is 0.643. The molecule has 0 unspecified atom stereocenters. The Morgan fingerprint density at radius 1 is 1.34 bits per heavy atom. The van der Waals surface area contributed by atoms with Gasteiger partial charge in [0, 0.05) is 44.3 Å². The number of hydrogen-bond acceptors (Lipinski definition) is 6. The Bertz CT molecular complexity index is 1340. The molecule has 2 N–H and O–H groups in total. The number of rotatable bonds is 4. The third-order valence-corrected chi connectivity index (χ3v) is 6.65. The topological polar surface area (TPSA) is 96.7 Å². The fraction of sp³-hybridized carbons (Fsp3) is 0.348. The number of ether oxygens (including phenoxy) is 1. The van der Waals surface area contributed by atoms with Gasteiger partial charge < -0.3 is 24.6 Å². The Kier molecular flexibility index (Phi) is 4.23. The monoisotopic (exact) mass is 436 g/mol. The minimum absolute atomic E-state index is 0.0295. The maximum atomic E-state index is 15.1. The van der Waals surface area contributed by atoms with Crippen LogP contribution in [-0.4, -0.2) is 52.4 Å². The van der Waals surface area contributed by atoms with E-state index in [-0.39, 0.29) is 22.9 Å². The lowest BCUT2D eigenvalue weighted by Crippen LogP contribution is -2.44. The van der Waals surface area contributed by atoms with Crippen molar-refractivity contribution >= 4 is 22.8 Å². The predicted molar refractivity (Wildman–Crippen MR) is 115 cm³/mol. The maximum Gasteiger partial charge on any atom is 0.341 e. The molecule has 2 aromatic heterocycles. The summed E-state index contributed by atoms with van der Waals surface area (Å²) < 4.78 is 22.3. The van der Waals surface area contributed by atoms with Crippen LogP contribution >= 0.6 is 0 Å². The molecular formula is C23H21FN4O4. The zero-order chi connectivity index (χ0) is 22.0. The number of carboxylic acid groups (broad SMARTS) is 1. The van der Waals surface area contributed by atoms with Crippen LogP contribution in [0.4, 0.5) is 10.2 Å². The summed E-state index contributed by atoms with van der Waals surface area (Å²) in [6.45, 7) is 2.37. The number of nitrogens with zero attached hydrogens (tertiary/aromatic N) is 3. The molecule has 0 amide bonds. The fourth-order valence-corrected chi connectivity index (χ4v) is 5.11. The standard InChI is InChI=1S/C23H21FN4O4/c24-18-7-16-20(29)17(23(30)31)11-27(9-12-1-2-19-13(5-12)3-4-32-19)21(16)26-22(18)28-10-14-6-15(28)8-25-14/h1-2,5,7,11,14-15,25H,3-4,6,8-10H2,(H,30,31)/t14-,15-/m0/s1. The number of hydrogen-bond donors (Lipinski definition) is 2. The molecule has 9 heteroatoms. The highest BCUT2D eigenvalue weighted by Crippen LogP contribution is 2.32. The lowest BCUT2D eigenvalue weighted by molar-refractivity contribution is 0.0695. The van der Waals surface area contributed by atoms with E-state index in [0.29, 0.717) is 25.7 Å². The Morgan fingerprint density at radius 2 is 2.22 bits per heavy atom. The van der Waals surface area contributed by atoms with Gasteiger partial charge in [-0.05, 0) is 29.7 Å². The number of piperazine rings is 1. The van der Waals surface area contributed by atoms with Gasteiger partial charge in [0.1, 0.15) is 17.0 Å². The second-order valence-electron chi connectivity index (χ2n) is 8.66. The number of carbonyl (C=O) groups is 1. The van der Waals surface area contributed by atoms with Crippen LogP contribution in [0.2, 0.25) is 0 Å². The molecule has 5 heterocycles. The molecule has 6 rings (SSSR count). The van der Waals surface area contributed by atoms with E-state index in [0.717, 1.165) is 42.3 Å². The summed E-state index contributed by atoms with van der Waals surface area (Å²) in [6, 6.07) is 7.43. The van der Waals surface area contributed by atoms with Gasteiger partial charge in [0.25, 0.3) is 0 Å². The smallest absolute Gasteiger partial charge is 0.341 e. The number of nitrogens with one attached hydrogen (secondary N) is 1. The summed E-state index contributed by atoms with van der Waals surface area (Å²) in [5.74, 6) is -0.888. The number of anilines is 1. The Morgan fingerprint density at radius 3 is 2.97 bits per heavy atom. The van der Waals surface area contributed by atoms with Gasteiger partial charge in [-0.25, -0.2) is 14.2 Å². The number of carboxylic acids is 1. The van der Waals surface area contributed by atoms with Crippen LogP contribution in [-0.2, 0) is 13.0 Å². The van der Waals surface area contributed by atoms with Crippen molar-refractivity contribution < 1.29 is 19.0 Å². The largest absolute Gasteiger partial charge is 0.493 e. The normalized spacial score (nSPS) is 21.2. The maximum absolute atomic E-state index is 15.1. The minimum Gasteiger partial charge on any atom is -0.493 e. The Hall–Kier alpha value is -3.46. The lowest BCUT2D eigenvalue weighted by atomic mass is 10.1. The number of aromatic carboxylic acids is 1. The van der Waals surface area contributed by atoms with Crippen LogP contribution in [0.25, 0.3) is 11.0 Å². The van der Waals surface area contributed by atoms with Crippen LogP contribution < -0.4 is 20.4 Å². The van der Waals surface area contributed by atoms with Gasteiger partial charge in [-0.1, -0.05) is 12.1 Å². The van der Waals surface area contributed by atoms with Crippen molar-refractivity contribution in [3.8, 4) is 5.75 Å². The molecule has 8 nitrogen and oxygen atoms in total. The average molecular weight is 436 g/mol. The summed E-state index contributed by atoms with van der Waals surface area (Å²) in [5, 5.41) is 12.9. The van der Waals surface area contributed by atoms with Crippen LogP contribution in [0.5, 0.6) is 5.75 Å². The second kappa shape index (κ2) is 7.03. The molecule has 2 atom stereocenters. The zero-order valence-electron chi connectivity index (χ0n) is 17.2. The predicted octanol–water partition coefficient (Wildman–Crippen LogP) is 1.77. The van der Waals surface area contributed by atoms with Crippen LogP contribution in [0.15, 0.2) is 35.3 Å². The third kappa shape index (κ3) is 2.96. The van der Waals surface area contributed by atoms with Crippen molar-refractivity contribution in [3.05, 3.63) is 63.2 Å². The van der Waals surface area contributed by atoms with Gasteiger partial charge in [0.2, 0.25) is 5.43 Å². The van der Waals surface area contributed by atoms with Crippen molar-refractivity contribution in [2.75, 3.05) is 24.6 Å². The molecule has 1 aromatic carbocycles. The van der Waals surface area contributed by atoms with E-state index in [1.165, 1.54) is 6.20 Å². The van der Waals surface area contributed by atoms with Crippen LogP contribution in [0.1, 0.15) is 27.9 Å². The number of fused-ring (bicyclic) bond motifs is 4. The molecule has 32 heavy (non-hydrogen) atoms. The summed E-state index contributed by atoms with van der Waals surface area (Å²) in [5.41, 5.74) is 1.16. The molecule has 0 aliphatic carbocycles. The van der Waals surface area contributed by atoms with Crippen LogP contribution in [0, 0.1) is 5.82 Å². The van der Waals surface area contributed by atoms with Crippen LogP contribution in [0.3, 0.4) is 0 Å². The molecule has 0 saturated carbocycles. The molecule has 0 spiro atoms. The van der Waals surface area contributed by atoms with Gasteiger partial charge in [0.05, 0.1) is 12.0 Å². The van der Waals surface area contributed by atoms with Gasteiger partial charge >= 0.3 is 5.97 Å². The first-order chi connectivity index (χ1) is 15.5. The fourth-order valence-electron chi connectivity index (χ4n) is 5.11. The Balaban J connectivity index is 1.50. The van der Waals surface area contributed by atoms with Crippen molar-refractivity contribution in [2.45, 2.75) is 31.5 Å². The molecule has 0 radical (unpaired) electrons. The highest BCUT2D eigenvalue weighted by atomic mass is 19.1. The van der Waals surface area contributed by atoms with E-state index in [1.54, 1.807) is 4.57 Å².